The predicted octanol–water partition coefficient (Wildman–Crippen LogP) is 0.492. The third kappa shape index (κ3) is 3.23. The second-order valence-corrected chi connectivity index (χ2v) is 7.08. The molecule has 1 amide bonds. The van der Waals surface area contributed by atoms with Gasteiger partial charge in [-0.05, 0) is 27.8 Å². The van der Waals surface area contributed by atoms with Crippen LogP contribution in [0.2, 0.25) is 0 Å². The highest BCUT2D eigenvalue weighted by Gasteiger charge is 2.35. The first kappa shape index (κ1) is 17.1. The topological polar surface area (TPSA) is 67.7 Å². The average molecular weight is 334 g/mol. The summed E-state index contributed by atoms with van der Waals surface area (Å²) in [5, 5.41) is 4.40. The Balaban J connectivity index is 1.80. The first-order chi connectivity index (χ1) is 11.4. The van der Waals surface area contributed by atoms with Gasteiger partial charge in [0, 0.05) is 31.2 Å². The van der Waals surface area contributed by atoms with Crippen LogP contribution < -0.4 is 0 Å². The number of carbonyl (C=O) groups is 2. The summed E-state index contributed by atoms with van der Waals surface area (Å²) >= 11 is 0. The van der Waals surface area contributed by atoms with Crippen LogP contribution in [0.1, 0.15) is 28.7 Å². The molecule has 2 saturated heterocycles. The summed E-state index contributed by atoms with van der Waals surface area (Å²) in [5.41, 5.74) is 2.07. The highest BCUT2D eigenvalue weighted by atomic mass is 16.5. The van der Waals surface area contributed by atoms with Crippen molar-refractivity contribution in [2.24, 2.45) is 5.92 Å². The molecule has 3 heterocycles. The number of ether oxygens (including phenoxy) is 1. The smallest absolute Gasteiger partial charge is 0.244 e. The van der Waals surface area contributed by atoms with Crippen LogP contribution in [0.25, 0.3) is 0 Å². The van der Waals surface area contributed by atoms with E-state index in [1.807, 2.05) is 18.7 Å². The molecule has 7 nitrogen and oxygen atoms in total. The maximum absolute atomic E-state index is 12.9. The molecular formula is C17H26N4O3. The van der Waals surface area contributed by atoms with E-state index >= 15 is 0 Å². The van der Waals surface area contributed by atoms with Gasteiger partial charge in [-0.25, -0.2) is 0 Å². The van der Waals surface area contributed by atoms with Crippen molar-refractivity contribution in [3.05, 3.63) is 17.0 Å². The molecule has 24 heavy (non-hydrogen) atoms. The van der Waals surface area contributed by atoms with Crippen LogP contribution in [0.5, 0.6) is 0 Å². The molecule has 132 valence electrons. The van der Waals surface area contributed by atoms with Gasteiger partial charge in [-0.3, -0.25) is 14.3 Å². The lowest BCUT2D eigenvalue weighted by Gasteiger charge is -2.29. The fraction of sp³-hybridized carbons (Fsp3) is 0.706. The minimum Gasteiger partial charge on any atom is -0.379 e. The summed E-state index contributed by atoms with van der Waals surface area (Å²) in [4.78, 5) is 28.9. The molecule has 2 fully saturated rings. The van der Waals surface area contributed by atoms with Crippen molar-refractivity contribution in [3.63, 3.8) is 0 Å². The number of rotatable bonds is 3. The Hall–Kier alpha value is -1.73. The predicted molar refractivity (Wildman–Crippen MR) is 89.0 cm³/mol. The van der Waals surface area contributed by atoms with Gasteiger partial charge in [0.2, 0.25) is 5.91 Å². The molecule has 1 aromatic rings. The van der Waals surface area contributed by atoms with Crippen LogP contribution in [0.3, 0.4) is 0 Å². The number of fused-ring (bicyclic) bond motifs is 3. The average Bonchev–Trinajstić information content (AvgIpc) is 2.64. The minimum absolute atomic E-state index is 0.00986. The second kappa shape index (κ2) is 6.64. The Bertz CT molecular complexity index is 655. The molecule has 0 unspecified atom stereocenters. The number of hydrogen-bond acceptors (Lipinski definition) is 5. The monoisotopic (exact) mass is 334 g/mol. The normalized spacial score (nSPS) is 24.8. The molecular weight excluding hydrogens is 308 g/mol. The summed E-state index contributed by atoms with van der Waals surface area (Å²) in [7, 11) is 2.10. The molecule has 2 bridgehead atoms. The van der Waals surface area contributed by atoms with E-state index < -0.39 is 0 Å². The Labute approximate surface area is 142 Å². The fourth-order valence-corrected chi connectivity index (χ4v) is 3.96. The Morgan fingerprint density at radius 3 is 2.62 bits per heavy atom. The van der Waals surface area contributed by atoms with E-state index in [1.54, 1.807) is 4.68 Å². The third-order valence-corrected chi connectivity index (χ3v) is 4.99. The van der Waals surface area contributed by atoms with Crippen molar-refractivity contribution in [1.82, 2.24) is 19.6 Å². The summed E-state index contributed by atoms with van der Waals surface area (Å²) in [5.74, 6) is 0.385. The van der Waals surface area contributed by atoms with Gasteiger partial charge in [0.15, 0.2) is 5.78 Å². The summed E-state index contributed by atoms with van der Waals surface area (Å²) < 4.78 is 7.39. The van der Waals surface area contributed by atoms with Gasteiger partial charge >= 0.3 is 0 Å². The molecule has 0 radical (unpaired) electrons. The van der Waals surface area contributed by atoms with Crippen LogP contribution in [-0.2, 0) is 16.1 Å². The van der Waals surface area contributed by atoms with Crippen molar-refractivity contribution in [1.29, 1.82) is 0 Å². The van der Waals surface area contributed by atoms with E-state index in [4.69, 9.17) is 4.74 Å². The lowest BCUT2D eigenvalue weighted by Crippen LogP contribution is -2.47. The molecule has 0 aromatic carbocycles. The first-order valence-corrected chi connectivity index (χ1v) is 8.47. The Kier molecular flexibility index (Phi) is 4.73. The molecule has 0 saturated carbocycles. The van der Waals surface area contributed by atoms with E-state index in [9.17, 15) is 9.59 Å². The Morgan fingerprint density at radius 1 is 1.21 bits per heavy atom. The summed E-state index contributed by atoms with van der Waals surface area (Å²) in [6, 6.07) is 0.0826. The quantitative estimate of drug-likeness (QED) is 0.753. The molecule has 1 aromatic heterocycles. The van der Waals surface area contributed by atoms with Crippen molar-refractivity contribution in [2.75, 3.05) is 39.9 Å². The number of amides is 1. The summed E-state index contributed by atoms with van der Waals surface area (Å²) in [6.07, 6.45) is 0. The maximum Gasteiger partial charge on any atom is 0.244 e. The standard InChI is InChI=1S/C17H26N4O3/c1-11-17(13(3)22)12(2)21(18-11)8-16(23)20-6-14-5-19(4)7-15(20)10-24-9-14/h14-15H,5-10H2,1-4H3/t14-,15-/m0/s1. The molecule has 3 rings (SSSR count). The van der Waals surface area contributed by atoms with Gasteiger partial charge in [-0.15, -0.1) is 0 Å². The van der Waals surface area contributed by atoms with Crippen molar-refractivity contribution >= 4 is 11.7 Å². The summed E-state index contributed by atoms with van der Waals surface area (Å²) in [6.45, 7) is 9.18. The van der Waals surface area contributed by atoms with Gasteiger partial charge in [0.25, 0.3) is 0 Å². The van der Waals surface area contributed by atoms with Gasteiger partial charge in [0.1, 0.15) is 6.54 Å². The zero-order valence-corrected chi connectivity index (χ0v) is 14.9. The van der Waals surface area contributed by atoms with Gasteiger partial charge in [-0.1, -0.05) is 0 Å². The van der Waals surface area contributed by atoms with Crippen LogP contribution in [0.4, 0.5) is 0 Å². The number of ketones is 1. The largest absolute Gasteiger partial charge is 0.379 e. The SMILES string of the molecule is CC(=O)c1c(C)nn(CC(=O)N2C[C@H]3COC[C@@H]2CN(C)C3)c1C. The van der Waals surface area contributed by atoms with Crippen molar-refractivity contribution in [2.45, 2.75) is 33.4 Å². The molecule has 0 aliphatic carbocycles. The van der Waals surface area contributed by atoms with Gasteiger partial charge < -0.3 is 14.5 Å². The van der Waals surface area contributed by atoms with Gasteiger partial charge in [-0.2, -0.15) is 5.10 Å². The van der Waals surface area contributed by atoms with E-state index in [2.05, 4.69) is 17.0 Å². The fourth-order valence-electron chi connectivity index (χ4n) is 3.96. The molecule has 2 aliphatic rings. The third-order valence-electron chi connectivity index (χ3n) is 4.99. The minimum atomic E-state index is -0.00986. The lowest BCUT2D eigenvalue weighted by atomic mass is 10.1. The van der Waals surface area contributed by atoms with Crippen LogP contribution in [0, 0.1) is 19.8 Å². The number of aromatic nitrogens is 2. The second-order valence-electron chi connectivity index (χ2n) is 7.08. The van der Waals surface area contributed by atoms with E-state index in [0.717, 1.165) is 25.3 Å². The zero-order valence-electron chi connectivity index (χ0n) is 14.9. The highest BCUT2D eigenvalue weighted by Crippen LogP contribution is 2.20. The number of aryl methyl sites for hydroxylation is 1. The highest BCUT2D eigenvalue weighted by molar-refractivity contribution is 5.96. The van der Waals surface area contributed by atoms with E-state index in [0.29, 0.717) is 30.4 Å². The van der Waals surface area contributed by atoms with Crippen molar-refractivity contribution in [3.8, 4) is 0 Å². The maximum atomic E-state index is 12.9. The zero-order chi connectivity index (χ0) is 17.4. The van der Waals surface area contributed by atoms with E-state index in [-0.39, 0.29) is 24.3 Å². The van der Waals surface area contributed by atoms with E-state index in [1.165, 1.54) is 6.92 Å². The molecule has 0 N–H and O–H groups in total. The van der Waals surface area contributed by atoms with Crippen LogP contribution in [-0.4, -0.2) is 77.2 Å². The van der Waals surface area contributed by atoms with Crippen LogP contribution >= 0.6 is 0 Å². The Morgan fingerprint density at radius 2 is 1.96 bits per heavy atom. The van der Waals surface area contributed by atoms with Crippen molar-refractivity contribution < 1.29 is 14.3 Å². The molecule has 2 atom stereocenters. The molecule has 7 heteroatoms. The number of nitrogens with zero attached hydrogens (tertiary/aromatic N) is 4. The lowest BCUT2D eigenvalue weighted by molar-refractivity contribution is -0.134. The number of carbonyl (C=O) groups excluding carboxylic acids is 2. The number of likely N-dealkylation sites (N-methyl/N-ethyl adjacent to an activating group) is 1. The number of Topliss-reactive ketones (excluding diaryl/α,β-unsaturated/α-hetero) is 1. The number of hydrogen-bond donors (Lipinski definition) is 0. The molecule has 0 spiro atoms. The first-order valence-electron chi connectivity index (χ1n) is 8.47. The molecule has 2 aliphatic heterocycles. The van der Waals surface area contributed by atoms with Crippen LogP contribution in [0.15, 0.2) is 0 Å². The van der Waals surface area contributed by atoms with Gasteiger partial charge in [0.05, 0.1) is 30.5 Å².